The molecular weight excluding hydrogens is 442 g/mol. The number of amides is 1. The Morgan fingerprint density at radius 1 is 1.24 bits per heavy atom. The Morgan fingerprint density at radius 2 is 1.94 bits per heavy atom. The molecule has 2 aromatic rings. The molecule has 3 atom stereocenters. The van der Waals surface area contributed by atoms with Crippen molar-refractivity contribution in [3.63, 3.8) is 0 Å². The predicted molar refractivity (Wildman–Crippen MR) is 125 cm³/mol. The molecule has 1 aliphatic carbocycles. The number of carbonyl (C=O) groups excluding carboxylic acids is 1. The van der Waals surface area contributed by atoms with E-state index in [1.54, 1.807) is 26.0 Å². The van der Waals surface area contributed by atoms with Crippen LogP contribution in [0.3, 0.4) is 0 Å². The number of carbonyl (C=O) groups is 1. The second-order valence-electron chi connectivity index (χ2n) is 10.5. The zero-order valence-corrected chi connectivity index (χ0v) is 20.5. The van der Waals surface area contributed by atoms with Gasteiger partial charge < -0.3 is 14.8 Å². The predicted octanol–water partition coefficient (Wildman–Crippen LogP) is 5.51. The Labute approximate surface area is 198 Å². The molecule has 1 aromatic carbocycles. The topological polar surface area (TPSA) is 76.6 Å². The van der Waals surface area contributed by atoms with Crippen molar-refractivity contribution < 1.29 is 23.0 Å². The van der Waals surface area contributed by atoms with E-state index in [4.69, 9.17) is 9.47 Å². The third-order valence-corrected chi connectivity index (χ3v) is 6.45. The van der Waals surface area contributed by atoms with Gasteiger partial charge in [-0.05, 0) is 64.5 Å². The zero-order valence-electron chi connectivity index (χ0n) is 20.5. The first-order chi connectivity index (χ1) is 15.9. The summed E-state index contributed by atoms with van der Waals surface area (Å²) < 4.78 is 40.8. The molecule has 0 radical (unpaired) electrons. The highest BCUT2D eigenvalue weighted by atomic mass is 19.1. The number of hydrogen-bond donors (Lipinski definition) is 1. The van der Waals surface area contributed by atoms with Gasteiger partial charge in [-0.3, -0.25) is 0 Å². The van der Waals surface area contributed by atoms with Crippen molar-refractivity contribution in [3.05, 3.63) is 47.2 Å². The van der Waals surface area contributed by atoms with E-state index < -0.39 is 35.7 Å². The summed E-state index contributed by atoms with van der Waals surface area (Å²) in [5.41, 5.74) is 1.05. The van der Waals surface area contributed by atoms with Gasteiger partial charge in [0.1, 0.15) is 18.5 Å². The Hall–Kier alpha value is -2.81. The van der Waals surface area contributed by atoms with Crippen LogP contribution in [0.1, 0.15) is 71.6 Å². The minimum absolute atomic E-state index is 0.0508. The largest absolute Gasteiger partial charge is 0.447 e. The summed E-state index contributed by atoms with van der Waals surface area (Å²) in [5, 5.41) is 3.02. The number of benzene rings is 1. The third kappa shape index (κ3) is 4.99. The molecule has 34 heavy (non-hydrogen) atoms. The van der Waals surface area contributed by atoms with Crippen molar-refractivity contribution in [2.24, 2.45) is 0 Å². The van der Waals surface area contributed by atoms with Crippen LogP contribution >= 0.6 is 0 Å². The van der Waals surface area contributed by atoms with E-state index in [9.17, 15) is 13.6 Å². The second-order valence-corrected chi connectivity index (χ2v) is 10.5. The van der Waals surface area contributed by atoms with Crippen LogP contribution in [0.2, 0.25) is 0 Å². The van der Waals surface area contributed by atoms with Gasteiger partial charge in [0, 0.05) is 5.56 Å². The molecule has 2 heterocycles. The van der Waals surface area contributed by atoms with E-state index in [1.165, 1.54) is 0 Å². The van der Waals surface area contributed by atoms with Crippen LogP contribution in [0.5, 0.6) is 0 Å². The number of nitrogens with one attached hydrogen (secondary N) is 1. The molecule has 1 unspecified atom stereocenters. The van der Waals surface area contributed by atoms with E-state index in [2.05, 4.69) is 22.2 Å². The average Bonchev–Trinajstić information content (AvgIpc) is 3.38. The molecule has 2 fully saturated rings. The number of ether oxygens (including phenoxy) is 2. The normalized spacial score (nSPS) is 21.2. The summed E-state index contributed by atoms with van der Waals surface area (Å²) >= 11 is 0. The summed E-state index contributed by atoms with van der Waals surface area (Å²) in [6, 6.07) is 4.25. The number of nitrogens with zero attached hydrogens (tertiary/aromatic N) is 3. The quantitative estimate of drug-likeness (QED) is 0.570. The molecular formula is C25H32F2N4O3. The molecule has 184 valence electrons. The summed E-state index contributed by atoms with van der Waals surface area (Å²) in [5.74, 6) is -1.22. The molecule has 7 nitrogen and oxygen atoms in total. The van der Waals surface area contributed by atoms with Crippen LogP contribution in [0.15, 0.2) is 24.4 Å². The van der Waals surface area contributed by atoms with E-state index in [1.807, 2.05) is 26.8 Å². The first-order valence-electron chi connectivity index (χ1n) is 11.6. The molecule has 1 N–H and O–H groups in total. The minimum atomic E-state index is -0.766. The maximum Gasteiger partial charge on any atom is 0.416 e. The molecule has 1 aliphatic heterocycles. The molecule has 2 aliphatic rings. The first-order valence-corrected chi connectivity index (χ1v) is 11.6. The van der Waals surface area contributed by atoms with Crippen molar-refractivity contribution in [2.75, 3.05) is 16.8 Å². The molecule has 0 spiro atoms. The van der Waals surface area contributed by atoms with E-state index in [0.29, 0.717) is 5.56 Å². The molecule has 1 amide bonds. The van der Waals surface area contributed by atoms with Crippen LogP contribution < -0.4 is 10.2 Å². The second kappa shape index (κ2) is 8.76. The monoisotopic (exact) mass is 474 g/mol. The van der Waals surface area contributed by atoms with Gasteiger partial charge in [0.05, 0.1) is 23.9 Å². The first kappa shape index (κ1) is 24.3. The molecule has 4 rings (SSSR count). The molecule has 1 saturated heterocycles. The number of halogens is 2. The summed E-state index contributed by atoms with van der Waals surface area (Å²) in [4.78, 5) is 21.9. The lowest BCUT2D eigenvalue weighted by molar-refractivity contribution is -0.0618. The maximum atomic E-state index is 14.9. The van der Waals surface area contributed by atoms with Crippen LogP contribution in [-0.2, 0) is 14.9 Å². The SMILES string of the molecule is C[C@H](Nc1ncc(F)c(N2C(=O)OCC2[C@@H](C)OC(C)(C)C)n1)c1ccc(C2(C)CC2)cc1F. The van der Waals surface area contributed by atoms with Crippen molar-refractivity contribution in [1.82, 2.24) is 9.97 Å². The van der Waals surface area contributed by atoms with Gasteiger partial charge in [-0.1, -0.05) is 19.1 Å². The Kier molecular flexibility index (Phi) is 6.27. The summed E-state index contributed by atoms with van der Waals surface area (Å²) in [6.45, 7) is 11.5. The zero-order chi connectivity index (χ0) is 24.8. The van der Waals surface area contributed by atoms with Crippen molar-refractivity contribution in [1.29, 1.82) is 0 Å². The number of hydrogen-bond acceptors (Lipinski definition) is 6. The van der Waals surface area contributed by atoms with E-state index >= 15 is 0 Å². The van der Waals surface area contributed by atoms with Gasteiger partial charge >= 0.3 is 6.09 Å². The fraction of sp³-hybridized carbons (Fsp3) is 0.560. The Bertz CT molecular complexity index is 1080. The Morgan fingerprint density at radius 3 is 2.56 bits per heavy atom. The Balaban J connectivity index is 1.55. The smallest absolute Gasteiger partial charge is 0.416 e. The summed E-state index contributed by atoms with van der Waals surface area (Å²) in [7, 11) is 0. The number of aromatic nitrogens is 2. The lowest BCUT2D eigenvalue weighted by atomic mass is 9.95. The van der Waals surface area contributed by atoms with Gasteiger partial charge in [-0.25, -0.2) is 23.5 Å². The minimum Gasteiger partial charge on any atom is -0.447 e. The van der Waals surface area contributed by atoms with Crippen LogP contribution in [0.4, 0.5) is 25.3 Å². The van der Waals surface area contributed by atoms with Gasteiger partial charge in [0.15, 0.2) is 11.6 Å². The van der Waals surface area contributed by atoms with Crippen LogP contribution in [0, 0.1) is 11.6 Å². The fourth-order valence-corrected chi connectivity index (χ4v) is 4.26. The number of cyclic esters (lactones) is 1. The number of anilines is 2. The van der Waals surface area contributed by atoms with E-state index in [0.717, 1.165) is 29.5 Å². The van der Waals surface area contributed by atoms with Gasteiger partial charge in [-0.2, -0.15) is 4.98 Å². The van der Waals surface area contributed by atoms with Crippen LogP contribution in [-0.4, -0.2) is 40.4 Å². The highest BCUT2D eigenvalue weighted by Gasteiger charge is 2.42. The highest BCUT2D eigenvalue weighted by molar-refractivity contribution is 5.89. The number of rotatable bonds is 7. The molecule has 0 bridgehead atoms. The molecule has 1 aromatic heterocycles. The lowest BCUT2D eigenvalue weighted by Gasteiger charge is -2.31. The van der Waals surface area contributed by atoms with Gasteiger partial charge in [0.25, 0.3) is 0 Å². The molecule has 9 heteroatoms. The van der Waals surface area contributed by atoms with Gasteiger partial charge in [-0.15, -0.1) is 0 Å². The highest BCUT2D eigenvalue weighted by Crippen LogP contribution is 2.48. The third-order valence-electron chi connectivity index (χ3n) is 6.45. The maximum absolute atomic E-state index is 14.9. The van der Waals surface area contributed by atoms with Crippen molar-refractivity contribution >= 4 is 17.9 Å². The lowest BCUT2D eigenvalue weighted by Crippen LogP contribution is -2.45. The fourth-order valence-electron chi connectivity index (χ4n) is 4.26. The standard InChI is InChI=1S/C25H32F2N4O3/c1-14(17-8-7-16(11-18(17)26)25(6)9-10-25)29-22-28-12-19(27)21(30-22)31-20(13-33-23(31)32)15(2)34-24(3,4)5/h7-8,11-12,14-15,20H,9-10,13H2,1-6H3,(H,28,29,30)/t14-,15+,20?/m0/s1. The van der Waals surface area contributed by atoms with Crippen molar-refractivity contribution in [2.45, 2.75) is 83.6 Å². The van der Waals surface area contributed by atoms with Crippen molar-refractivity contribution in [3.8, 4) is 0 Å². The van der Waals surface area contributed by atoms with Gasteiger partial charge in [0.2, 0.25) is 5.95 Å². The van der Waals surface area contributed by atoms with Crippen LogP contribution in [0.25, 0.3) is 0 Å². The average molecular weight is 475 g/mol. The summed E-state index contributed by atoms with van der Waals surface area (Å²) in [6.07, 6.45) is 1.97. The molecule has 1 saturated carbocycles. The van der Waals surface area contributed by atoms with E-state index in [-0.39, 0.29) is 29.6 Å².